The summed E-state index contributed by atoms with van der Waals surface area (Å²) in [5, 5.41) is 15.5. The van der Waals surface area contributed by atoms with Crippen LogP contribution >= 0.6 is 34.7 Å². The molecule has 0 bridgehead atoms. The van der Waals surface area contributed by atoms with Gasteiger partial charge in [0.1, 0.15) is 5.69 Å². The lowest BCUT2D eigenvalue weighted by Crippen LogP contribution is -2.32. The molecule has 0 fully saturated rings. The quantitative estimate of drug-likeness (QED) is 0.540. The molecule has 1 amide bonds. The number of hydrogen-bond donors (Lipinski definition) is 1. The van der Waals surface area contributed by atoms with E-state index in [-0.39, 0.29) is 11.9 Å². The number of amides is 1. The van der Waals surface area contributed by atoms with Gasteiger partial charge < -0.3 is 9.88 Å². The highest BCUT2D eigenvalue weighted by molar-refractivity contribution is 7.99. The van der Waals surface area contributed by atoms with E-state index in [1.54, 1.807) is 5.38 Å². The minimum atomic E-state index is -0.344. The number of rotatable bonds is 8. The highest BCUT2D eigenvalue weighted by atomic mass is 35.5. The number of benzene rings is 1. The van der Waals surface area contributed by atoms with Gasteiger partial charge in [-0.3, -0.25) is 4.79 Å². The third-order valence-corrected chi connectivity index (χ3v) is 6.15. The smallest absolute Gasteiger partial charge is 0.271 e. The van der Waals surface area contributed by atoms with Crippen molar-refractivity contribution in [3.8, 4) is 0 Å². The van der Waals surface area contributed by atoms with E-state index in [1.165, 1.54) is 23.1 Å². The molecular formula is C19H20ClN5OS2. The second-order valence-corrected chi connectivity index (χ2v) is 8.71. The topological polar surface area (TPSA) is 72.7 Å². The summed E-state index contributed by atoms with van der Waals surface area (Å²) >= 11 is 8.76. The van der Waals surface area contributed by atoms with Crippen molar-refractivity contribution in [2.24, 2.45) is 7.05 Å². The zero-order chi connectivity index (χ0) is 20.1. The number of hydrogen-bond acceptors (Lipinski definition) is 6. The van der Waals surface area contributed by atoms with Crippen LogP contribution in [0.2, 0.25) is 0 Å². The van der Waals surface area contributed by atoms with Crippen molar-refractivity contribution < 1.29 is 4.79 Å². The van der Waals surface area contributed by atoms with Crippen molar-refractivity contribution in [3.63, 3.8) is 0 Å². The second kappa shape index (κ2) is 9.36. The Balaban J connectivity index is 1.85. The number of carbonyl (C=O) groups excluding carboxylic acids is 1. The molecule has 9 heteroatoms. The van der Waals surface area contributed by atoms with E-state index in [0.29, 0.717) is 33.9 Å². The van der Waals surface area contributed by atoms with Crippen LogP contribution in [0.5, 0.6) is 0 Å². The van der Waals surface area contributed by atoms with Gasteiger partial charge in [0.2, 0.25) is 0 Å². The fourth-order valence-electron chi connectivity index (χ4n) is 2.65. The minimum Gasteiger partial charge on any atom is -0.340 e. The number of thiazole rings is 1. The van der Waals surface area contributed by atoms with E-state index < -0.39 is 0 Å². The molecule has 0 saturated heterocycles. The van der Waals surface area contributed by atoms with Gasteiger partial charge in [-0.1, -0.05) is 60.3 Å². The van der Waals surface area contributed by atoms with Gasteiger partial charge >= 0.3 is 0 Å². The number of aryl methyl sites for hydroxylation is 1. The maximum absolute atomic E-state index is 12.7. The lowest BCUT2D eigenvalue weighted by Gasteiger charge is -2.18. The number of aromatic nitrogens is 4. The van der Waals surface area contributed by atoms with Crippen molar-refractivity contribution in [3.05, 3.63) is 69.4 Å². The van der Waals surface area contributed by atoms with Gasteiger partial charge in [0, 0.05) is 23.2 Å². The van der Waals surface area contributed by atoms with Gasteiger partial charge in [0.25, 0.3) is 5.91 Å². The lowest BCUT2D eigenvalue weighted by molar-refractivity contribution is 0.0929. The van der Waals surface area contributed by atoms with Gasteiger partial charge in [-0.25, -0.2) is 4.98 Å². The zero-order valence-electron chi connectivity index (χ0n) is 15.6. The van der Waals surface area contributed by atoms with Crippen molar-refractivity contribution >= 4 is 40.6 Å². The molecule has 0 aliphatic carbocycles. The van der Waals surface area contributed by atoms with Crippen molar-refractivity contribution in [1.82, 2.24) is 25.1 Å². The summed E-state index contributed by atoms with van der Waals surface area (Å²) < 4.78 is 1.88. The van der Waals surface area contributed by atoms with Gasteiger partial charge in [0.05, 0.1) is 11.0 Å². The lowest BCUT2D eigenvalue weighted by atomic mass is 10.1. The Hall–Kier alpha value is -2.16. The normalized spacial score (nSPS) is 12.0. The van der Waals surface area contributed by atoms with Crippen molar-refractivity contribution in [1.29, 1.82) is 0 Å². The molecule has 2 aromatic heterocycles. The number of nitrogens with one attached hydrogen (secondary N) is 1. The van der Waals surface area contributed by atoms with Gasteiger partial charge in [0.15, 0.2) is 11.0 Å². The van der Waals surface area contributed by atoms with E-state index in [1.807, 2.05) is 48.9 Å². The van der Waals surface area contributed by atoms with E-state index in [4.69, 9.17) is 11.6 Å². The Kier molecular flexibility index (Phi) is 6.88. The molecule has 0 aliphatic heterocycles. The fraction of sp³-hybridized carbons (Fsp3) is 0.263. The van der Waals surface area contributed by atoms with E-state index in [2.05, 4.69) is 27.1 Å². The molecule has 1 N–H and O–H groups in total. The van der Waals surface area contributed by atoms with Crippen LogP contribution in [-0.4, -0.2) is 31.4 Å². The fourth-order valence-corrected chi connectivity index (χ4v) is 4.08. The third kappa shape index (κ3) is 5.21. The Morgan fingerprint density at radius 3 is 2.75 bits per heavy atom. The van der Waals surface area contributed by atoms with E-state index >= 15 is 0 Å². The molecule has 2 heterocycles. The molecule has 3 aromatic rings. The molecule has 0 aliphatic rings. The van der Waals surface area contributed by atoms with E-state index in [9.17, 15) is 4.79 Å². The zero-order valence-corrected chi connectivity index (χ0v) is 17.9. The van der Waals surface area contributed by atoms with Gasteiger partial charge in [-0.05, 0) is 18.9 Å². The minimum absolute atomic E-state index is 0.225. The molecule has 0 unspecified atom stereocenters. The molecule has 0 spiro atoms. The van der Waals surface area contributed by atoms with Crippen molar-refractivity contribution in [2.45, 2.75) is 24.5 Å². The molecule has 0 saturated carbocycles. The third-order valence-electron chi connectivity index (χ3n) is 3.98. The van der Waals surface area contributed by atoms with Crippen LogP contribution < -0.4 is 5.32 Å². The summed E-state index contributed by atoms with van der Waals surface area (Å²) in [7, 11) is 1.88. The molecule has 28 heavy (non-hydrogen) atoms. The van der Waals surface area contributed by atoms with Crippen LogP contribution in [0.4, 0.5) is 0 Å². The summed E-state index contributed by atoms with van der Waals surface area (Å²) in [4.78, 5) is 17.0. The first-order valence-corrected chi connectivity index (χ1v) is 10.8. The highest BCUT2D eigenvalue weighted by Crippen LogP contribution is 2.24. The average Bonchev–Trinajstić information content (AvgIpc) is 3.26. The number of thioether (sulfide) groups is 1. The van der Waals surface area contributed by atoms with E-state index in [0.717, 1.165) is 10.6 Å². The molecule has 146 valence electrons. The molecular weight excluding hydrogens is 414 g/mol. The summed E-state index contributed by atoms with van der Waals surface area (Å²) in [6.07, 6.45) is 0.592. The Morgan fingerprint density at radius 2 is 2.11 bits per heavy atom. The van der Waals surface area contributed by atoms with Gasteiger partial charge in [-0.15, -0.1) is 21.5 Å². The Bertz CT molecular complexity index is 970. The molecule has 3 rings (SSSR count). The monoisotopic (exact) mass is 433 g/mol. The van der Waals surface area contributed by atoms with Crippen LogP contribution in [0.25, 0.3) is 0 Å². The van der Waals surface area contributed by atoms with Crippen molar-refractivity contribution in [2.75, 3.05) is 5.75 Å². The molecule has 1 atom stereocenters. The van der Waals surface area contributed by atoms with Gasteiger partial charge in [-0.2, -0.15) is 0 Å². The van der Waals surface area contributed by atoms with Crippen LogP contribution in [0.3, 0.4) is 0 Å². The number of halogens is 1. The average molecular weight is 434 g/mol. The summed E-state index contributed by atoms with van der Waals surface area (Å²) in [6.45, 7) is 5.57. The van der Waals surface area contributed by atoms with Crippen LogP contribution in [0.15, 0.2) is 52.5 Å². The van der Waals surface area contributed by atoms with Crippen LogP contribution in [-0.2, 0) is 13.5 Å². The molecule has 0 radical (unpaired) electrons. The summed E-state index contributed by atoms with van der Waals surface area (Å²) in [6, 6.07) is 9.61. The second-order valence-electron chi connectivity index (χ2n) is 6.17. The summed E-state index contributed by atoms with van der Waals surface area (Å²) in [5.74, 6) is 0.991. The molecule has 1 aromatic carbocycles. The number of carbonyl (C=O) groups is 1. The molecule has 6 nitrogen and oxygen atoms in total. The highest BCUT2D eigenvalue weighted by Gasteiger charge is 2.23. The first-order valence-electron chi connectivity index (χ1n) is 8.56. The SMILES string of the molecule is C=C(Cl)CSc1nnc([C@@H](Cc2ccccc2)NC(=O)c2csc(C)n2)n1C. The van der Waals surface area contributed by atoms with Crippen LogP contribution in [0, 0.1) is 6.92 Å². The maximum Gasteiger partial charge on any atom is 0.271 e. The Labute approximate surface area is 177 Å². The largest absolute Gasteiger partial charge is 0.340 e. The number of nitrogens with zero attached hydrogens (tertiary/aromatic N) is 4. The first kappa shape index (κ1) is 20.6. The maximum atomic E-state index is 12.7. The van der Waals surface area contributed by atoms with Crippen LogP contribution in [0.1, 0.15) is 32.9 Å². The standard InChI is InChI=1S/C19H20ClN5OS2/c1-12(20)10-28-19-24-23-17(25(19)3)15(9-14-7-5-4-6-8-14)22-18(26)16-11-27-13(2)21-16/h4-8,11,15H,1,9-10H2,2-3H3,(H,22,26)/t15-/m1/s1. The first-order chi connectivity index (χ1) is 13.4. The predicted molar refractivity (Wildman–Crippen MR) is 114 cm³/mol. The predicted octanol–water partition coefficient (Wildman–Crippen LogP) is 4.14. The Morgan fingerprint density at radius 1 is 1.36 bits per heavy atom. The summed E-state index contributed by atoms with van der Waals surface area (Å²) in [5.41, 5.74) is 1.50.